The Morgan fingerprint density at radius 2 is 2.32 bits per heavy atom. The van der Waals surface area contributed by atoms with Crippen molar-refractivity contribution in [2.75, 3.05) is 0 Å². The lowest BCUT2D eigenvalue weighted by molar-refractivity contribution is 0.707. The highest BCUT2D eigenvalue weighted by atomic mass is 32.1. The van der Waals surface area contributed by atoms with Gasteiger partial charge in [-0.15, -0.1) is 0 Å². The zero-order chi connectivity index (χ0) is 13.4. The first kappa shape index (κ1) is 11.7. The molecule has 0 unspecified atom stereocenters. The molecule has 0 bridgehead atoms. The van der Waals surface area contributed by atoms with E-state index in [1.165, 1.54) is 0 Å². The van der Waals surface area contributed by atoms with Crippen LogP contribution in [0.4, 0.5) is 0 Å². The topological polar surface area (TPSA) is 62.3 Å². The summed E-state index contributed by atoms with van der Waals surface area (Å²) in [5, 5.41) is 9.11. The highest BCUT2D eigenvalue weighted by Gasteiger charge is 2.10. The molecule has 0 aliphatic carbocycles. The number of para-hydroxylation sites is 1. The van der Waals surface area contributed by atoms with Crippen LogP contribution in [0.3, 0.4) is 0 Å². The van der Waals surface area contributed by atoms with E-state index in [2.05, 4.69) is 16.0 Å². The van der Waals surface area contributed by atoms with Crippen molar-refractivity contribution >= 4 is 23.3 Å². The predicted molar refractivity (Wildman–Crippen MR) is 74.1 cm³/mol. The van der Waals surface area contributed by atoms with Gasteiger partial charge in [-0.2, -0.15) is 5.26 Å². The van der Waals surface area contributed by atoms with Crippen LogP contribution in [-0.4, -0.2) is 19.1 Å². The number of fused-ring (bicyclic) bond motifs is 1. The van der Waals surface area contributed by atoms with Crippen molar-refractivity contribution in [3.8, 4) is 6.07 Å². The van der Waals surface area contributed by atoms with Crippen molar-refractivity contribution in [3.63, 3.8) is 0 Å². The van der Waals surface area contributed by atoms with Crippen LogP contribution in [0.5, 0.6) is 0 Å². The Morgan fingerprint density at radius 1 is 1.47 bits per heavy atom. The Bertz CT molecular complexity index is 846. The largest absolute Gasteiger partial charge is 0.337 e. The van der Waals surface area contributed by atoms with Gasteiger partial charge in [0.25, 0.3) is 0 Å². The maximum Gasteiger partial charge on any atom is 0.178 e. The Hall–Kier alpha value is -2.39. The minimum atomic E-state index is 0.581. The van der Waals surface area contributed by atoms with Gasteiger partial charge in [0, 0.05) is 19.4 Å². The van der Waals surface area contributed by atoms with Crippen LogP contribution < -0.4 is 0 Å². The number of rotatable bonds is 2. The molecular weight excluding hydrogens is 258 g/mol. The van der Waals surface area contributed by atoms with Crippen LogP contribution in [0.15, 0.2) is 30.6 Å². The second-order valence-electron chi connectivity index (χ2n) is 4.28. The summed E-state index contributed by atoms with van der Waals surface area (Å²) in [6.45, 7) is 0.581. The molecule has 3 aromatic rings. The third kappa shape index (κ3) is 1.84. The number of hydrogen-bond acceptors (Lipinski definition) is 3. The first-order chi connectivity index (χ1) is 9.20. The normalized spacial score (nSPS) is 10.7. The maximum absolute atomic E-state index is 9.11. The molecule has 94 valence electrons. The molecule has 0 amide bonds. The van der Waals surface area contributed by atoms with Crippen molar-refractivity contribution < 1.29 is 0 Å². The van der Waals surface area contributed by atoms with Gasteiger partial charge in [-0.05, 0) is 24.4 Å². The zero-order valence-electron chi connectivity index (χ0n) is 10.3. The highest BCUT2D eigenvalue weighted by Crippen LogP contribution is 2.18. The van der Waals surface area contributed by atoms with E-state index in [1.807, 2.05) is 34.5 Å². The molecule has 0 fully saturated rings. The fraction of sp³-hybridized carbons (Fsp3) is 0.154. The van der Waals surface area contributed by atoms with E-state index in [9.17, 15) is 0 Å². The van der Waals surface area contributed by atoms with E-state index in [-0.39, 0.29) is 0 Å². The SMILES string of the molecule is Cn1ccnc1Cn1c(=S)[nH]c2c(C#N)cccc21. The number of aromatic nitrogens is 4. The second kappa shape index (κ2) is 4.37. The van der Waals surface area contributed by atoms with Crippen molar-refractivity contribution in [2.24, 2.45) is 7.05 Å². The van der Waals surface area contributed by atoms with E-state index in [1.54, 1.807) is 12.3 Å². The molecule has 0 aliphatic rings. The number of H-pyrrole nitrogens is 1. The molecule has 19 heavy (non-hydrogen) atoms. The van der Waals surface area contributed by atoms with Gasteiger partial charge in [0.2, 0.25) is 0 Å². The van der Waals surface area contributed by atoms with E-state index in [4.69, 9.17) is 17.5 Å². The number of aryl methyl sites for hydroxylation is 1. The summed E-state index contributed by atoms with van der Waals surface area (Å²) < 4.78 is 4.50. The first-order valence-corrected chi connectivity index (χ1v) is 6.19. The van der Waals surface area contributed by atoms with Crippen LogP contribution >= 0.6 is 12.2 Å². The van der Waals surface area contributed by atoms with Gasteiger partial charge in [-0.3, -0.25) is 0 Å². The maximum atomic E-state index is 9.11. The van der Waals surface area contributed by atoms with Gasteiger partial charge >= 0.3 is 0 Å². The van der Waals surface area contributed by atoms with Crippen molar-refractivity contribution in [1.29, 1.82) is 5.26 Å². The Morgan fingerprint density at radius 3 is 3.00 bits per heavy atom. The molecule has 0 saturated heterocycles. The third-order valence-electron chi connectivity index (χ3n) is 3.15. The van der Waals surface area contributed by atoms with E-state index < -0.39 is 0 Å². The number of nitriles is 1. The van der Waals surface area contributed by atoms with E-state index in [0.717, 1.165) is 16.9 Å². The van der Waals surface area contributed by atoms with Gasteiger partial charge in [0.05, 0.1) is 23.1 Å². The Balaban J connectivity index is 2.20. The van der Waals surface area contributed by atoms with E-state index in [0.29, 0.717) is 16.9 Å². The number of nitrogens with one attached hydrogen (secondary N) is 1. The third-order valence-corrected chi connectivity index (χ3v) is 3.47. The summed E-state index contributed by atoms with van der Waals surface area (Å²) in [6.07, 6.45) is 3.66. The molecule has 1 aromatic carbocycles. The van der Waals surface area contributed by atoms with Crippen LogP contribution in [0.1, 0.15) is 11.4 Å². The zero-order valence-corrected chi connectivity index (χ0v) is 11.1. The summed E-state index contributed by atoms with van der Waals surface area (Å²) in [5.41, 5.74) is 2.30. The number of aromatic amines is 1. The molecule has 2 aromatic heterocycles. The summed E-state index contributed by atoms with van der Waals surface area (Å²) in [6, 6.07) is 7.75. The van der Waals surface area contributed by atoms with Crippen LogP contribution in [0.2, 0.25) is 0 Å². The lowest BCUT2D eigenvalue weighted by Gasteiger charge is -2.04. The number of imidazole rings is 2. The molecule has 3 rings (SSSR count). The minimum Gasteiger partial charge on any atom is -0.337 e. The Kier molecular flexibility index (Phi) is 2.69. The predicted octanol–water partition coefficient (Wildman–Crippen LogP) is 2.35. The fourth-order valence-electron chi connectivity index (χ4n) is 2.12. The summed E-state index contributed by atoms with van der Waals surface area (Å²) >= 11 is 5.34. The van der Waals surface area contributed by atoms with E-state index >= 15 is 0 Å². The van der Waals surface area contributed by atoms with Gasteiger partial charge in [0.1, 0.15) is 11.9 Å². The quantitative estimate of drug-likeness (QED) is 0.726. The lowest BCUT2D eigenvalue weighted by atomic mass is 10.2. The first-order valence-electron chi connectivity index (χ1n) is 5.78. The highest BCUT2D eigenvalue weighted by molar-refractivity contribution is 7.71. The number of nitrogens with zero attached hydrogens (tertiary/aromatic N) is 4. The minimum absolute atomic E-state index is 0.581. The molecule has 0 radical (unpaired) electrons. The average Bonchev–Trinajstić information content (AvgIpc) is 2.95. The summed E-state index contributed by atoms with van der Waals surface area (Å²) in [4.78, 5) is 7.39. The monoisotopic (exact) mass is 269 g/mol. The molecule has 1 N–H and O–H groups in total. The molecule has 2 heterocycles. The van der Waals surface area contributed by atoms with Crippen LogP contribution in [0.25, 0.3) is 11.0 Å². The van der Waals surface area contributed by atoms with Crippen molar-refractivity contribution in [3.05, 3.63) is 46.8 Å². The standard InChI is InChI=1S/C13H11N5S/c1-17-6-5-15-11(17)8-18-10-4-2-3-9(7-14)12(10)16-13(18)19/h2-6H,8H2,1H3,(H,16,19). The molecule has 6 heteroatoms. The fourth-order valence-corrected chi connectivity index (χ4v) is 2.39. The molecule has 0 saturated carbocycles. The molecule has 0 spiro atoms. The Labute approximate surface area is 114 Å². The van der Waals surface area contributed by atoms with Gasteiger partial charge in [-0.25, -0.2) is 4.98 Å². The number of hydrogen-bond donors (Lipinski definition) is 1. The van der Waals surface area contributed by atoms with Crippen LogP contribution in [-0.2, 0) is 13.6 Å². The molecular formula is C13H11N5S. The summed E-state index contributed by atoms with van der Waals surface area (Å²) in [5.74, 6) is 0.916. The van der Waals surface area contributed by atoms with Crippen LogP contribution in [0, 0.1) is 16.1 Å². The van der Waals surface area contributed by atoms with Crippen molar-refractivity contribution in [2.45, 2.75) is 6.54 Å². The number of benzene rings is 1. The van der Waals surface area contributed by atoms with Gasteiger partial charge in [-0.1, -0.05) is 6.07 Å². The second-order valence-corrected chi connectivity index (χ2v) is 4.67. The van der Waals surface area contributed by atoms with Crippen molar-refractivity contribution in [1.82, 2.24) is 19.1 Å². The van der Waals surface area contributed by atoms with Gasteiger partial charge in [0.15, 0.2) is 4.77 Å². The summed E-state index contributed by atoms with van der Waals surface area (Å²) in [7, 11) is 1.95. The van der Waals surface area contributed by atoms with Gasteiger partial charge < -0.3 is 14.1 Å². The smallest absolute Gasteiger partial charge is 0.178 e. The average molecular weight is 269 g/mol. The molecule has 0 atom stereocenters. The lowest BCUT2D eigenvalue weighted by Crippen LogP contribution is -2.05. The molecule has 5 nitrogen and oxygen atoms in total. The molecule has 0 aliphatic heterocycles.